The molecule has 18 N–H and O–H groups in total. The van der Waals surface area contributed by atoms with E-state index in [4.69, 9.17) is 22.6 Å². The summed E-state index contributed by atoms with van der Waals surface area (Å²) in [5.74, 6) is -7.86. The van der Waals surface area contributed by atoms with Gasteiger partial charge in [0.15, 0.2) is 5.96 Å². The SMILES string of the molecule is CCCC[C@H](NC(C)=O)C(=O)N[C@@H](CCC(=O)O)C(=O)N[C@@H](Cc1c[nH]cn1)C(=O)N[C@H](Cc1ccccc1)C(=O)N[C@@H](CCCNC(=N)N)C(=O)N[C@@H](Cc1c[nH]c2ccccc12)C(=O)N[C@@H](CCCCN)C(N)=O. The van der Waals surface area contributed by atoms with Crippen LogP contribution in [0.1, 0.15) is 94.9 Å². The molecule has 25 nitrogen and oxygen atoms in total. The predicted octanol–water partition coefficient (Wildman–Crippen LogP) is -0.735. The third kappa shape index (κ3) is 20.5. The summed E-state index contributed by atoms with van der Waals surface area (Å²) in [6.45, 7) is 3.58. The molecule has 4 rings (SSSR count). The van der Waals surface area contributed by atoms with E-state index in [9.17, 15) is 48.3 Å². The second-order valence-electron chi connectivity index (χ2n) is 18.4. The number of hydrogen-bond donors (Lipinski definition) is 15. The fourth-order valence-corrected chi connectivity index (χ4v) is 8.28. The van der Waals surface area contributed by atoms with Gasteiger partial charge in [-0.25, -0.2) is 4.98 Å². The van der Waals surface area contributed by atoms with Crippen molar-refractivity contribution in [2.75, 3.05) is 13.1 Å². The van der Waals surface area contributed by atoms with Crippen molar-refractivity contribution in [3.8, 4) is 0 Å². The molecule has 2 heterocycles. The van der Waals surface area contributed by atoms with Crippen LogP contribution >= 0.6 is 0 Å². The monoisotopic (exact) mass is 1060 g/mol. The molecule has 76 heavy (non-hydrogen) atoms. The molecule has 0 aliphatic rings. The van der Waals surface area contributed by atoms with E-state index in [1.54, 1.807) is 36.5 Å². The normalized spacial score (nSPS) is 13.8. The molecule has 0 spiro atoms. The van der Waals surface area contributed by atoms with Crippen LogP contribution in [0.4, 0.5) is 0 Å². The number of nitrogens with zero attached hydrogens (tertiary/aromatic N) is 1. The number of imidazole rings is 1. The summed E-state index contributed by atoms with van der Waals surface area (Å²) in [6, 6.07) is 6.67. The lowest BCUT2D eigenvalue weighted by atomic mass is 10.0. The molecule has 0 radical (unpaired) electrons. The molecular weight excluding hydrogens is 983 g/mol. The van der Waals surface area contributed by atoms with Gasteiger partial charge in [0.05, 0.1) is 12.0 Å². The third-order valence-corrected chi connectivity index (χ3v) is 12.3. The number of fused-ring (bicyclic) bond motifs is 1. The van der Waals surface area contributed by atoms with Crippen molar-refractivity contribution in [1.82, 2.24) is 57.5 Å². The molecule has 2 aromatic carbocycles. The third-order valence-electron chi connectivity index (χ3n) is 12.3. The molecule has 0 aliphatic heterocycles. The zero-order valence-electron chi connectivity index (χ0n) is 42.9. The fraction of sp³-hybridized carbons (Fsp3) is 0.471. The molecule has 4 aromatic rings. The van der Waals surface area contributed by atoms with Gasteiger partial charge in [0, 0.05) is 62.4 Å². The summed E-state index contributed by atoms with van der Waals surface area (Å²) in [5, 5.41) is 39.3. The molecular formula is C51H73N15O10. The quantitative estimate of drug-likeness (QED) is 0.0156. The van der Waals surface area contributed by atoms with Crippen molar-refractivity contribution >= 4 is 70.1 Å². The minimum atomic E-state index is -1.49. The molecule has 412 valence electrons. The second-order valence-corrected chi connectivity index (χ2v) is 18.4. The summed E-state index contributed by atoms with van der Waals surface area (Å²) in [5.41, 5.74) is 19.2. The Balaban J connectivity index is 1.68. The van der Waals surface area contributed by atoms with Gasteiger partial charge < -0.3 is 74.8 Å². The number of H-pyrrole nitrogens is 2. The minimum absolute atomic E-state index is 0.0617. The fourth-order valence-electron chi connectivity index (χ4n) is 8.28. The highest BCUT2D eigenvalue weighted by Gasteiger charge is 2.35. The number of aromatic amines is 2. The number of unbranched alkanes of at least 4 members (excludes halogenated alkanes) is 2. The molecule has 7 atom stereocenters. The zero-order chi connectivity index (χ0) is 55.6. The first-order valence-corrected chi connectivity index (χ1v) is 25.3. The molecule has 0 saturated carbocycles. The molecule has 0 unspecified atom stereocenters. The lowest BCUT2D eigenvalue weighted by Crippen LogP contribution is -2.61. The molecule has 0 saturated heterocycles. The van der Waals surface area contributed by atoms with Crippen molar-refractivity contribution in [3.63, 3.8) is 0 Å². The highest BCUT2D eigenvalue weighted by atomic mass is 16.4. The summed E-state index contributed by atoms with van der Waals surface area (Å²) in [7, 11) is 0. The summed E-state index contributed by atoms with van der Waals surface area (Å²) in [6.07, 6.45) is 5.93. The number of aromatic nitrogens is 3. The Morgan fingerprint density at radius 3 is 1.71 bits per heavy atom. The van der Waals surface area contributed by atoms with Gasteiger partial charge in [0.1, 0.15) is 42.3 Å². The number of carbonyl (C=O) groups is 9. The zero-order valence-corrected chi connectivity index (χ0v) is 42.9. The number of guanidine groups is 1. The van der Waals surface area contributed by atoms with Crippen LogP contribution in [0.15, 0.2) is 73.3 Å². The van der Waals surface area contributed by atoms with Crippen LogP contribution in [0.25, 0.3) is 10.9 Å². The van der Waals surface area contributed by atoms with Crippen LogP contribution in [0.2, 0.25) is 0 Å². The highest BCUT2D eigenvalue weighted by Crippen LogP contribution is 2.20. The number of amides is 8. The van der Waals surface area contributed by atoms with Crippen LogP contribution in [-0.4, -0.2) is 135 Å². The van der Waals surface area contributed by atoms with Crippen LogP contribution in [0.5, 0.6) is 0 Å². The number of nitrogens with one attached hydrogen (secondary N) is 11. The lowest BCUT2D eigenvalue weighted by molar-refractivity contribution is -0.138. The van der Waals surface area contributed by atoms with Crippen LogP contribution < -0.4 is 59.7 Å². The van der Waals surface area contributed by atoms with Crippen molar-refractivity contribution in [3.05, 3.63) is 90.1 Å². The molecule has 0 fully saturated rings. The summed E-state index contributed by atoms with van der Waals surface area (Å²) >= 11 is 0. The number of carbonyl (C=O) groups excluding carboxylic acids is 8. The summed E-state index contributed by atoms with van der Waals surface area (Å²) in [4.78, 5) is 132. The van der Waals surface area contributed by atoms with Crippen LogP contribution in [0.3, 0.4) is 0 Å². The van der Waals surface area contributed by atoms with Crippen molar-refractivity contribution < 1.29 is 48.3 Å². The number of rotatable bonds is 34. The molecule has 0 aliphatic carbocycles. The first-order valence-electron chi connectivity index (χ1n) is 25.3. The van der Waals surface area contributed by atoms with E-state index in [-0.39, 0.29) is 63.9 Å². The first kappa shape index (κ1) is 60.2. The van der Waals surface area contributed by atoms with Gasteiger partial charge >= 0.3 is 5.97 Å². The number of aliphatic carboxylic acids is 1. The van der Waals surface area contributed by atoms with E-state index < -0.39 is 102 Å². The Morgan fingerprint density at radius 1 is 0.618 bits per heavy atom. The number of primary amides is 1. The van der Waals surface area contributed by atoms with Gasteiger partial charge in [-0.2, -0.15) is 0 Å². The van der Waals surface area contributed by atoms with E-state index in [0.717, 1.165) is 10.9 Å². The average molecular weight is 1060 g/mol. The average Bonchev–Trinajstić information content (AvgIpc) is 4.06. The Hall–Kier alpha value is -8.35. The standard InChI is InChI=1S/C51H73N15O10/c1-3-4-16-37(60-30(2)67)45(71)63-39(20-21-43(68)69)47(73)66-42(26-33-28-56-29-59-33)50(76)64-40(24-31-13-6-5-7-14-31)48(74)62-38(19-12-23-57-51(54)55)46(72)65-41(25-32-27-58-35-17-9-8-15-34(32)35)49(75)61-36(44(53)70)18-10-11-22-52/h5-9,13-15,17,27-29,36-42,58H,3-4,10-12,16,18-26,52H2,1-2H3,(H2,53,70)(H,56,59)(H,60,67)(H,61,75)(H,62,74)(H,63,71)(H,64,76)(H,65,72)(H,66,73)(H,68,69)(H4,54,55,57)/t36-,37-,38-,39-,40+,41-,42-/m0/s1. The van der Waals surface area contributed by atoms with E-state index in [0.29, 0.717) is 49.0 Å². The number of carboxylic acid groups (broad SMARTS) is 1. The van der Waals surface area contributed by atoms with Gasteiger partial charge in [-0.15, -0.1) is 0 Å². The van der Waals surface area contributed by atoms with E-state index in [1.165, 1.54) is 19.4 Å². The summed E-state index contributed by atoms with van der Waals surface area (Å²) < 4.78 is 0. The van der Waals surface area contributed by atoms with Crippen molar-refractivity contribution in [2.45, 2.75) is 140 Å². The maximum absolute atomic E-state index is 14.7. The van der Waals surface area contributed by atoms with Gasteiger partial charge in [0.2, 0.25) is 47.3 Å². The number of hydrogen-bond acceptors (Lipinski definition) is 12. The van der Waals surface area contributed by atoms with Gasteiger partial charge in [-0.1, -0.05) is 68.3 Å². The Bertz CT molecular complexity index is 2570. The number of para-hydroxylation sites is 1. The largest absolute Gasteiger partial charge is 0.481 e. The number of nitrogens with two attached hydrogens (primary N) is 3. The van der Waals surface area contributed by atoms with Gasteiger partial charge in [-0.3, -0.25) is 48.6 Å². The Kier molecular flexibility index (Phi) is 24.9. The maximum Gasteiger partial charge on any atom is 0.303 e. The molecule has 2 aromatic heterocycles. The van der Waals surface area contributed by atoms with Gasteiger partial charge in [-0.05, 0) is 68.7 Å². The number of carboxylic acids is 1. The maximum atomic E-state index is 14.7. The molecule has 0 bridgehead atoms. The topological polar surface area (TPSA) is 416 Å². The minimum Gasteiger partial charge on any atom is -0.481 e. The van der Waals surface area contributed by atoms with Crippen LogP contribution in [0, 0.1) is 5.41 Å². The van der Waals surface area contributed by atoms with E-state index in [1.807, 2.05) is 31.2 Å². The number of benzene rings is 2. The smallest absolute Gasteiger partial charge is 0.303 e. The van der Waals surface area contributed by atoms with Gasteiger partial charge in [0.25, 0.3) is 0 Å². The lowest BCUT2D eigenvalue weighted by Gasteiger charge is -2.28. The first-order chi connectivity index (χ1) is 36.4. The second kappa shape index (κ2) is 31.4. The predicted molar refractivity (Wildman–Crippen MR) is 281 cm³/mol. The van der Waals surface area contributed by atoms with Crippen molar-refractivity contribution in [1.29, 1.82) is 5.41 Å². The van der Waals surface area contributed by atoms with E-state index in [2.05, 4.69) is 57.5 Å². The molecule has 8 amide bonds. The highest BCUT2D eigenvalue weighted by molar-refractivity contribution is 5.98. The Labute approximate surface area is 440 Å². The molecule has 25 heteroatoms. The van der Waals surface area contributed by atoms with E-state index >= 15 is 0 Å². The van der Waals surface area contributed by atoms with Crippen molar-refractivity contribution in [2.24, 2.45) is 17.2 Å². The van der Waals surface area contributed by atoms with Crippen LogP contribution in [-0.2, 0) is 62.4 Å². The Morgan fingerprint density at radius 2 is 1.14 bits per heavy atom.